The van der Waals surface area contributed by atoms with E-state index in [4.69, 9.17) is 11.6 Å². The molecule has 6 nitrogen and oxygen atoms in total. The Balaban J connectivity index is 1.74. The molecular formula is C23H24ClN3O3S. The van der Waals surface area contributed by atoms with Crippen LogP contribution in [-0.4, -0.2) is 39.9 Å². The number of carbonyl (C=O) groups is 1. The molecule has 3 aromatic carbocycles. The molecule has 0 fully saturated rings. The van der Waals surface area contributed by atoms with Gasteiger partial charge in [0.15, 0.2) is 0 Å². The first-order valence-electron chi connectivity index (χ1n) is 9.65. The third kappa shape index (κ3) is 5.85. The zero-order valence-electron chi connectivity index (χ0n) is 17.2. The predicted octanol–water partition coefficient (Wildman–Crippen LogP) is 4.17. The Morgan fingerprint density at radius 2 is 1.65 bits per heavy atom. The van der Waals surface area contributed by atoms with E-state index in [2.05, 4.69) is 10.0 Å². The number of hydrogen-bond donors (Lipinski definition) is 2. The highest BCUT2D eigenvalue weighted by Gasteiger charge is 2.19. The van der Waals surface area contributed by atoms with Crippen molar-refractivity contribution >= 4 is 33.2 Å². The molecule has 0 spiro atoms. The molecule has 0 radical (unpaired) electrons. The van der Waals surface area contributed by atoms with E-state index in [9.17, 15) is 13.2 Å². The molecule has 1 atom stereocenters. The Morgan fingerprint density at radius 1 is 0.968 bits per heavy atom. The number of likely N-dealkylation sites (N-methyl/N-ethyl adjacent to an activating group) is 1. The van der Waals surface area contributed by atoms with E-state index in [1.165, 1.54) is 18.2 Å². The van der Waals surface area contributed by atoms with E-state index in [-0.39, 0.29) is 33.1 Å². The lowest BCUT2D eigenvalue weighted by Crippen LogP contribution is -2.34. The smallest absolute Gasteiger partial charge is 0.261 e. The van der Waals surface area contributed by atoms with Gasteiger partial charge in [0.05, 0.1) is 21.6 Å². The van der Waals surface area contributed by atoms with Crippen LogP contribution in [0.3, 0.4) is 0 Å². The lowest BCUT2D eigenvalue weighted by atomic mass is 10.1. The summed E-state index contributed by atoms with van der Waals surface area (Å²) in [5, 5.41) is 3.19. The van der Waals surface area contributed by atoms with E-state index >= 15 is 0 Å². The number of amides is 1. The normalized spacial score (nSPS) is 12.4. The average Bonchev–Trinajstić information content (AvgIpc) is 2.76. The molecule has 0 heterocycles. The van der Waals surface area contributed by atoms with Crippen LogP contribution in [0.4, 0.5) is 5.69 Å². The summed E-state index contributed by atoms with van der Waals surface area (Å²) in [4.78, 5) is 14.7. The summed E-state index contributed by atoms with van der Waals surface area (Å²) in [7, 11) is -0.0185. The summed E-state index contributed by atoms with van der Waals surface area (Å²) in [6, 6.07) is 22.3. The van der Waals surface area contributed by atoms with Crippen LogP contribution in [-0.2, 0) is 10.0 Å². The first-order valence-corrected chi connectivity index (χ1v) is 11.5. The fraction of sp³-hybridized carbons (Fsp3) is 0.174. The van der Waals surface area contributed by atoms with E-state index in [1.807, 2.05) is 49.3 Å². The van der Waals surface area contributed by atoms with Crippen LogP contribution in [0, 0.1) is 0 Å². The molecule has 2 N–H and O–H groups in total. The monoisotopic (exact) mass is 457 g/mol. The van der Waals surface area contributed by atoms with Gasteiger partial charge >= 0.3 is 0 Å². The number of nitrogens with one attached hydrogen (secondary N) is 2. The fourth-order valence-corrected chi connectivity index (χ4v) is 4.48. The zero-order valence-corrected chi connectivity index (χ0v) is 18.8. The number of anilines is 1. The summed E-state index contributed by atoms with van der Waals surface area (Å²) in [6.45, 7) is 0.380. The summed E-state index contributed by atoms with van der Waals surface area (Å²) in [5.74, 6) is -0.349. The van der Waals surface area contributed by atoms with Gasteiger partial charge in [-0.15, -0.1) is 0 Å². The van der Waals surface area contributed by atoms with Crippen LogP contribution in [0.2, 0.25) is 5.02 Å². The van der Waals surface area contributed by atoms with Crippen LogP contribution < -0.4 is 10.0 Å². The topological polar surface area (TPSA) is 78.5 Å². The number of nitrogens with zero attached hydrogens (tertiary/aromatic N) is 1. The highest BCUT2D eigenvalue weighted by molar-refractivity contribution is 7.92. The minimum atomic E-state index is -3.90. The lowest BCUT2D eigenvalue weighted by Gasteiger charge is -2.25. The molecule has 0 aliphatic rings. The fourth-order valence-electron chi connectivity index (χ4n) is 3.12. The number of sulfonamides is 1. The largest absolute Gasteiger partial charge is 0.350 e. The summed E-state index contributed by atoms with van der Waals surface area (Å²) < 4.78 is 28.0. The average molecular weight is 458 g/mol. The van der Waals surface area contributed by atoms with Crippen molar-refractivity contribution < 1.29 is 13.2 Å². The van der Waals surface area contributed by atoms with Gasteiger partial charge in [-0.3, -0.25) is 9.52 Å². The Labute approximate surface area is 187 Å². The highest BCUT2D eigenvalue weighted by Crippen LogP contribution is 2.24. The SMILES string of the molecule is CN(C)[C@H](CNC(=O)c1cccc(S(=O)(=O)Nc2ccccc2Cl)c1)c1ccccc1. The van der Waals surface area contributed by atoms with Crippen molar-refractivity contribution in [3.8, 4) is 0 Å². The van der Waals surface area contributed by atoms with Gasteiger partial charge in [-0.2, -0.15) is 0 Å². The molecular weight excluding hydrogens is 434 g/mol. The van der Waals surface area contributed by atoms with Crippen molar-refractivity contribution in [2.45, 2.75) is 10.9 Å². The molecule has 1 amide bonds. The summed E-state index contributed by atoms with van der Waals surface area (Å²) in [5.41, 5.74) is 1.61. The molecule has 3 rings (SSSR count). The van der Waals surface area contributed by atoms with Gasteiger partial charge in [0, 0.05) is 12.1 Å². The molecule has 8 heteroatoms. The van der Waals surface area contributed by atoms with Gasteiger partial charge < -0.3 is 10.2 Å². The Kier molecular flexibility index (Phi) is 7.33. The number of rotatable bonds is 8. The third-order valence-corrected chi connectivity index (χ3v) is 6.48. The lowest BCUT2D eigenvalue weighted by molar-refractivity contribution is 0.0941. The van der Waals surface area contributed by atoms with Crippen molar-refractivity contribution in [2.24, 2.45) is 0 Å². The maximum atomic E-state index is 12.8. The predicted molar refractivity (Wildman–Crippen MR) is 124 cm³/mol. The van der Waals surface area contributed by atoms with Crippen molar-refractivity contribution in [1.82, 2.24) is 10.2 Å². The number of para-hydroxylation sites is 1. The molecule has 162 valence electrons. The standard InChI is InChI=1S/C23H24ClN3O3S/c1-27(2)22(17-9-4-3-5-10-17)16-25-23(28)18-11-8-12-19(15-18)31(29,30)26-21-14-7-6-13-20(21)24/h3-15,22,26H,16H2,1-2H3,(H,25,28)/t22-/m1/s1. The number of carbonyl (C=O) groups excluding carboxylic acids is 1. The molecule has 0 aliphatic carbocycles. The second-order valence-electron chi connectivity index (χ2n) is 7.21. The number of benzene rings is 3. The highest BCUT2D eigenvalue weighted by atomic mass is 35.5. The van der Waals surface area contributed by atoms with E-state index in [0.717, 1.165) is 5.56 Å². The molecule has 31 heavy (non-hydrogen) atoms. The maximum Gasteiger partial charge on any atom is 0.261 e. The van der Waals surface area contributed by atoms with Gasteiger partial charge in [-0.1, -0.05) is 60.1 Å². The number of halogens is 1. The summed E-state index contributed by atoms with van der Waals surface area (Å²) >= 11 is 6.05. The minimum absolute atomic E-state index is 0.0149. The van der Waals surface area contributed by atoms with Crippen LogP contribution in [0.1, 0.15) is 22.0 Å². The zero-order chi connectivity index (χ0) is 22.4. The van der Waals surface area contributed by atoms with Crippen LogP contribution in [0.15, 0.2) is 83.8 Å². The minimum Gasteiger partial charge on any atom is -0.350 e. The molecule has 0 saturated carbocycles. The van der Waals surface area contributed by atoms with Crippen molar-refractivity contribution in [3.05, 3.63) is 95.0 Å². The quantitative estimate of drug-likeness (QED) is 0.532. The molecule has 3 aromatic rings. The van der Waals surface area contributed by atoms with Crippen LogP contribution in [0.25, 0.3) is 0 Å². The summed E-state index contributed by atoms with van der Waals surface area (Å²) in [6.07, 6.45) is 0. The van der Waals surface area contributed by atoms with Gasteiger partial charge in [-0.25, -0.2) is 8.42 Å². The Hall–Kier alpha value is -2.87. The van der Waals surface area contributed by atoms with Gasteiger partial charge in [0.25, 0.3) is 15.9 Å². The van der Waals surface area contributed by atoms with E-state index in [1.54, 1.807) is 30.3 Å². The number of hydrogen-bond acceptors (Lipinski definition) is 4. The third-order valence-electron chi connectivity index (χ3n) is 4.79. The first kappa shape index (κ1) is 22.8. The second kappa shape index (κ2) is 9.96. The molecule has 0 aromatic heterocycles. The van der Waals surface area contributed by atoms with Crippen molar-refractivity contribution in [3.63, 3.8) is 0 Å². The van der Waals surface area contributed by atoms with Crippen molar-refractivity contribution in [1.29, 1.82) is 0 Å². The van der Waals surface area contributed by atoms with Crippen LogP contribution >= 0.6 is 11.6 Å². The maximum absolute atomic E-state index is 12.8. The van der Waals surface area contributed by atoms with Gasteiger partial charge in [0.2, 0.25) is 0 Å². The van der Waals surface area contributed by atoms with Crippen molar-refractivity contribution in [2.75, 3.05) is 25.4 Å². The Morgan fingerprint density at radius 3 is 2.32 bits per heavy atom. The molecule has 0 saturated heterocycles. The molecule has 0 unspecified atom stereocenters. The molecule has 0 aliphatic heterocycles. The van der Waals surface area contributed by atoms with E-state index in [0.29, 0.717) is 6.54 Å². The molecule has 0 bridgehead atoms. The van der Waals surface area contributed by atoms with Gasteiger partial charge in [-0.05, 0) is 50.0 Å². The van der Waals surface area contributed by atoms with Crippen LogP contribution in [0.5, 0.6) is 0 Å². The van der Waals surface area contributed by atoms with E-state index < -0.39 is 10.0 Å². The second-order valence-corrected chi connectivity index (χ2v) is 9.30. The Bertz CT molecular complexity index is 1150. The van der Waals surface area contributed by atoms with Gasteiger partial charge in [0.1, 0.15) is 0 Å². The first-order chi connectivity index (χ1) is 14.8.